The fourth-order valence-electron chi connectivity index (χ4n) is 0.909. The number of ether oxygens (including phenoxy) is 1. The highest BCUT2D eigenvalue weighted by Crippen LogP contribution is 2.24. The van der Waals surface area contributed by atoms with Gasteiger partial charge in [0.15, 0.2) is 0 Å². The molecular formula is C9H7Cl2F4NO. The first-order chi connectivity index (χ1) is 7.83. The molecule has 2 nitrogen and oxygen atoms in total. The molecular weight excluding hydrogens is 285 g/mol. The molecule has 1 aromatic heterocycles. The van der Waals surface area contributed by atoms with Crippen LogP contribution in [-0.2, 0) is 11.3 Å². The average Bonchev–Trinajstić information content (AvgIpc) is 2.21. The van der Waals surface area contributed by atoms with Crippen LogP contribution in [-0.4, -0.2) is 23.9 Å². The van der Waals surface area contributed by atoms with E-state index in [1.54, 1.807) is 0 Å². The smallest absolute Gasteiger partial charge is 0.330 e. The van der Waals surface area contributed by atoms with Crippen LogP contribution in [0.3, 0.4) is 0 Å². The average molecular weight is 292 g/mol. The highest BCUT2D eigenvalue weighted by molar-refractivity contribution is 6.32. The summed E-state index contributed by atoms with van der Waals surface area (Å²) in [6.45, 7) is -1.73. The van der Waals surface area contributed by atoms with Gasteiger partial charge in [0.05, 0.1) is 6.61 Å². The van der Waals surface area contributed by atoms with Crippen LogP contribution in [0.2, 0.25) is 10.3 Å². The second-order valence-corrected chi connectivity index (χ2v) is 3.88. The second kappa shape index (κ2) is 5.84. The molecule has 17 heavy (non-hydrogen) atoms. The van der Waals surface area contributed by atoms with Gasteiger partial charge < -0.3 is 4.74 Å². The Morgan fingerprint density at radius 1 is 1.29 bits per heavy atom. The van der Waals surface area contributed by atoms with E-state index < -0.39 is 19.0 Å². The predicted molar refractivity (Wildman–Crippen MR) is 54.9 cm³/mol. The van der Waals surface area contributed by atoms with Crippen LogP contribution in [0.5, 0.6) is 0 Å². The SMILES string of the molecule is FC(F)C(F)(F)COCc1ccc(Cl)nc1Cl. The lowest BCUT2D eigenvalue weighted by Crippen LogP contribution is -2.32. The molecule has 0 amide bonds. The van der Waals surface area contributed by atoms with Crippen molar-refractivity contribution in [3.63, 3.8) is 0 Å². The predicted octanol–water partition coefficient (Wildman–Crippen LogP) is 3.81. The normalized spacial score (nSPS) is 12.2. The Labute approximate surface area is 104 Å². The summed E-state index contributed by atoms with van der Waals surface area (Å²) >= 11 is 11.1. The molecule has 96 valence electrons. The summed E-state index contributed by atoms with van der Waals surface area (Å²) in [6.07, 6.45) is -3.76. The lowest BCUT2D eigenvalue weighted by molar-refractivity contribution is -0.168. The monoisotopic (exact) mass is 291 g/mol. The van der Waals surface area contributed by atoms with Crippen molar-refractivity contribution in [1.29, 1.82) is 0 Å². The van der Waals surface area contributed by atoms with E-state index in [4.69, 9.17) is 23.2 Å². The summed E-state index contributed by atoms with van der Waals surface area (Å²) in [5, 5.41) is 0.120. The molecule has 0 N–H and O–H groups in total. The minimum absolute atomic E-state index is 0.0159. The van der Waals surface area contributed by atoms with Gasteiger partial charge in [-0.15, -0.1) is 0 Å². The van der Waals surface area contributed by atoms with Gasteiger partial charge >= 0.3 is 12.3 Å². The highest BCUT2D eigenvalue weighted by Gasteiger charge is 2.40. The molecule has 0 saturated heterocycles. The van der Waals surface area contributed by atoms with E-state index in [2.05, 4.69) is 9.72 Å². The Hall–Kier alpha value is -0.590. The number of hydrogen-bond donors (Lipinski definition) is 0. The van der Waals surface area contributed by atoms with Crippen LogP contribution in [0, 0.1) is 0 Å². The maximum Gasteiger partial charge on any atom is 0.330 e. The summed E-state index contributed by atoms with van der Waals surface area (Å²) in [4.78, 5) is 3.64. The van der Waals surface area contributed by atoms with Crippen molar-refractivity contribution in [2.75, 3.05) is 6.61 Å². The first-order valence-electron chi connectivity index (χ1n) is 4.37. The van der Waals surface area contributed by atoms with Crippen LogP contribution < -0.4 is 0 Å². The number of rotatable bonds is 5. The Balaban J connectivity index is 2.51. The lowest BCUT2D eigenvalue weighted by atomic mass is 10.3. The molecule has 8 heteroatoms. The van der Waals surface area contributed by atoms with Gasteiger partial charge in [0.2, 0.25) is 0 Å². The Morgan fingerprint density at radius 3 is 2.47 bits per heavy atom. The summed E-state index contributed by atoms with van der Waals surface area (Å²) in [5.74, 6) is -4.17. The van der Waals surface area contributed by atoms with Crippen molar-refractivity contribution in [3.05, 3.63) is 28.0 Å². The molecule has 0 aromatic carbocycles. The van der Waals surface area contributed by atoms with Crippen molar-refractivity contribution in [2.45, 2.75) is 19.0 Å². The molecule has 0 aliphatic rings. The molecule has 1 aromatic rings. The number of halogens is 6. The molecule has 1 rings (SSSR count). The Bertz CT molecular complexity index is 389. The van der Waals surface area contributed by atoms with E-state index in [-0.39, 0.29) is 16.9 Å². The zero-order chi connectivity index (χ0) is 13.1. The molecule has 0 unspecified atom stereocenters. The van der Waals surface area contributed by atoms with Gasteiger partial charge in [0, 0.05) is 5.56 Å². The minimum atomic E-state index is -4.17. The van der Waals surface area contributed by atoms with E-state index in [9.17, 15) is 17.6 Å². The van der Waals surface area contributed by atoms with Gasteiger partial charge in [-0.3, -0.25) is 0 Å². The van der Waals surface area contributed by atoms with Crippen molar-refractivity contribution < 1.29 is 22.3 Å². The van der Waals surface area contributed by atoms with Crippen LogP contribution in [0.1, 0.15) is 5.56 Å². The van der Waals surface area contributed by atoms with E-state index in [1.165, 1.54) is 12.1 Å². The molecule has 0 aliphatic carbocycles. The van der Waals surface area contributed by atoms with Gasteiger partial charge in [-0.05, 0) is 6.07 Å². The summed E-state index contributed by atoms with van der Waals surface area (Å²) < 4.78 is 53.0. The van der Waals surface area contributed by atoms with Gasteiger partial charge in [0.25, 0.3) is 0 Å². The fraction of sp³-hybridized carbons (Fsp3) is 0.444. The molecule has 0 fully saturated rings. The minimum Gasteiger partial charge on any atom is -0.370 e. The third-order valence-electron chi connectivity index (χ3n) is 1.76. The first kappa shape index (κ1) is 14.5. The maximum atomic E-state index is 12.5. The molecule has 0 radical (unpaired) electrons. The van der Waals surface area contributed by atoms with Crippen molar-refractivity contribution in [3.8, 4) is 0 Å². The summed E-state index contributed by atoms with van der Waals surface area (Å²) in [5.41, 5.74) is 0.293. The third-order valence-corrected chi connectivity index (χ3v) is 2.30. The van der Waals surface area contributed by atoms with E-state index in [0.29, 0.717) is 5.56 Å². The number of alkyl halides is 4. The zero-order valence-corrected chi connectivity index (χ0v) is 9.78. The molecule has 0 atom stereocenters. The molecule has 1 heterocycles. The molecule has 0 aliphatic heterocycles. The maximum absolute atomic E-state index is 12.5. The van der Waals surface area contributed by atoms with Gasteiger partial charge in [0.1, 0.15) is 16.9 Å². The van der Waals surface area contributed by atoms with Crippen molar-refractivity contribution in [1.82, 2.24) is 4.98 Å². The summed E-state index contributed by atoms with van der Waals surface area (Å²) in [7, 11) is 0. The summed E-state index contributed by atoms with van der Waals surface area (Å²) in [6, 6.07) is 2.80. The van der Waals surface area contributed by atoms with E-state index >= 15 is 0 Å². The number of hydrogen-bond acceptors (Lipinski definition) is 2. The number of aromatic nitrogens is 1. The van der Waals surface area contributed by atoms with E-state index in [1.807, 2.05) is 0 Å². The van der Waals surface area contributed by atoms with Crippen LogP contribution in [0.25, 0.3) is 0 Å². The van der Waals surface area contributed by atoms with Crippen molar-refractivity contribution >= 4 is 23.2 Å². The highest BCUT2D eigenvalue weighted by atomic mass is 35.5. The molecule has 0 saturated carbocycles. The Kier molecular flexibility index (Phi) is 4.97. The molecule has 0 bridgehead atoms. The largest absolute Gasteiger partial charge is 0.370 e. The lowest BCUT2D eigenvalue weighted by Gasteiger charge is -2.15. The zero-order valence-electron chi connectivity index (χ0n) is 8.27. The number of nitrogens with zero attached hydrogens (tertiary/aromatic N) is 1. The second-order valence-electron chi connectivity index (χ2n) is 3.14. The van der Waals surface area contributed by atoms with Gasteiger partial charge in [-0.25, -0.2) is 13.8 Å². The van der Waals surface area contributed by atoms with Crippen LogP contribution in [0.15, 0.2) is 12.1 Å². The quantitative estimate of drug-likeness (QED) is 0.608. The van der Waals surface area contributed by atoms with Crippen LogP contribution >= 0.6 is 23.2 Å². The standard InChI is InChI=1S/C9H7Cl2F4NO/c10-6-2-1-5(7(11)16-6)3-17-4-9(14,15)8(12)13/h1-2,8H,3-4H2. The molecule has 0 spiro atoms. The topological polar surface area (TPSA) is 22.1 Å². The first-order valence-corrected chi connectivity index (χ1v) is 5.13. The van der Waals surface area contributed by atoms with Crippen molar-refractivity contribution in [2.24, 2.45) is 0 Å². The number of pyridine rings is 1. The fourth-order valence-corrected chi connectivity index (χ4v) is 1.31. The van der Waals surface area contributed by atoms with Crippen LogP contribution in [0.4, 0.5) is 17.6 Å². The van der Waals surface area contributed by atoms with Gasteiger partial charge in [-0.1, -0.05) is 29.3 Å². The Morgan fingerprint density at radius 2 is 1.94 bits per heavy atom. The van der Waals surface area contributed by atoms with E-state index in [0.717, 1.165) is 0 Å². The third kappa shape index (κ3) is 4.29. The van der Waals surface area contributed by atoms with Gasteiger partial charge in [-0.2, -0.15) is 8.78 Å².